The standard InChI is InChI=1S/C23H24FN5O3/c1-23-7-5-15(27-23)11-18(21(23)24)32-20-12-26-22(29-28-20)16-4-3-13(9-17(16)30)14-6-8-25-19(10-14)31-2/h3-4,6,8-10,12,15,18,21,27,30H,5,7,11H2,1-2H3/t15?,18-,21-,23+/m1/s1. The van der Waals surface area contributed by atoms with Crippen LogP contribution in [0.4, 0.5) is 4.39 Å². The van der Waals surface area contributed by atoms with Crippen LogP contribution in [0.3, 0.4) is 0 Å². The fourth-order valence-electron chi connectivity index (χ4n) is 4.60. The number of fused-ring (bicyclic) bond motifs is 2. The molecule has 0 radical (unpaired) electrons. The maximum Gasteiger partial charge on any atom is 0.252 e. The number of aromatic nitrogens is 4. The van der Waals surface area contributed by atoms with Crippen molar-refractivity contribution in [1.82, 2.24) is 25.5 Å². The molecule has 0 amide bonds. The number of nitrogens with zero attached hydrogens (tertiary/aromatic N) is 4. The van der Waals surface area contributed by atoms with Crippen LogP contribution < -0.4 is 14.8 Å². The lowest BCUT2D eigenvalue weighted by atomic mass is 9.88. The molecule has 2 aliphatic heterocycles. The first kappa shape index (κ1) is 20.6. The highest BCUT2D eigenvalue weighted by molar-refractivity contribution is 5.73. The zero-order chi connectivity index (χ0) is 22.3. The van der Waals surface area contributed by atoms with Crippen molar-refractivity contribution in [3.63, 3.8) is 0 Å². The van der Waals surface area contributed by atoms with Gasteiger partial charge >= 0.3 is 0 Å². The molecule has 0 saturated carbocycles. The van der Waals surface area contributed by atoms with Gasteiger partial charge in [0.15, 0.2) is 12.0 Å². The predicted octanol–water partition coefficient (Wildman–Crippen LogP) is 3.31. The monoisotopic (exact) mass is 437 g/mol. The Morgan fingerprint density at radius 2 is 1.97 bits per heavy atom. The maximum absolute atomic E-state index is 14.9. The average Bonchev–Trinajstić information content (AvgIpc) is 3.15. The van der Waals surface area contributed by atoms with Crippen molar-refractivity contribution in [2.24, 2.45) is 0 Å². The van der Waals surface area contributed by atoms with Crippen molar-refractivity contribution >= 4 is 0 Å². The number of alkyl halides is 1. The second-order valence-corrected chi connectivity index (χ2v) is 8.53. The lowest BCUT2D eigenvalue weighted by Crippen LogP contribution is -2.59. The van der Waals surface area contributed by atoms with Crippen molar-refractivity contribution in [3.8, 4) is 40.0 Å². The Morgan fingerprint density at radius 3 is 2.72 bits per heavy atom. The molecular formula is C23H24FN5O3. The van der Waals surface area contributed by atoms with E-state index in [4.69, 9.17) is 9.47 Å². The van der Waals surface area contributed by atoms with E-state index in [1.165, 1.54) is 6.20 Å². The van der Waals surface area contributed by atoms with Gasteiger partial charge in [0, 0.05) is 24.7 Å². The number of benzene rings is 1. The Balaban J connectivity index is 1.33. The van der Waals surface area contributed by atoms with Gasteiger partial charge in [0.25, 0.3) is 5.88 Å². The molecule has 1 aromatic carbocycles. The van der Waals surface area contributed by atoms with Crippen LogP contribution in [-0.2, 0) is 0 Å². The van der Waals surface area contributed by atoms with Gasteiger partial charge < -0.3 is 19.9 Å². The summed E-state index contributed by atoms with van der Waals surface area (Å²) in [5.41, 5.74) is 1.53. The fraction of sp³-hybridized carbons (Fsp3) is 0.391. The van der Waals surface area contributed by atoms with Gasteiger partial charge in [0.2, 0.25) is 5.88 Å². The Bertz CT molecular complexity index is 1130. The molecule has 166 valence electrons. The van der Waals surface area contributed by atoms with Crippen LogP contribution in [0.5, 0.6) is 17.5 Å². The topological polar surface area (TPSA) is 102 Å². The highest BCUT2D eigenvalue weighted by Gasteiger charge is 2.51. The van der Waals surface area contributed by atoms with Crippen LogP contribution in [0.25, 0.3) is 22.5 Å². The number of aromatic hydroxyl groups is 1. The van der Waals surface area contributed by atoms with Crippen LogP contribution in [-0.4, -0.2) is 56.2 Å². The van der Waals surface area contributed by atoms with Crippen molar-refractivity contribution in [1.29, 1.82) is 0 Å². The lowest BCUT2D eigenvalue weighted by molar-refractivity contribution is 0.00788. The number of halogens is 1. The zero-order valence-electron chi connectivity index (χ0n) is 17.8. The summed E-state index contributed by atoms with van der Waals surface area (Å²) in [4.78, 5) is 8.36. The predicted molar refractivity (Wildman–Crippen MR) is 115 cm³/mol. The van der Waals surface area contributed by atoms with E-state index >= 15 is 0 Å². The zero-order valence-corrected chi connectivity index (χ0v) is 17.8. The number of methoxy groups -OCH3 is 1. The molecular weight excluding hydrogens is 413 g/mol. The summed E-state index contributed by atoms with van der Waals surface area (Å²) in [6.07, 6.45) is 3.67. The highest BCUT2D eigenvalue weighted by atomic mass is 19.1. The molecule has 0 aliphatic carbocycles. The van der Waals surface area contributed by atoms with Crippen LogP contribution in [0, 0.1) is 0 Å². The van der Waals surface area contributed by atoms with Gasteiger partial charge in [-0.3, -0.25) is 0 Å². The normalized spacial score (nSPS) is 26.7. The number of nitrogens with one attached hydrogen (secondary N) is 1. The van der Waals surface area contributed by atoms with E-state index < -0.39 is 17.8 Å². The first-order chi connectivity index (χ1) is 15.4. The van der Waals surface area contributed by atoms with Gasteiger partial charge in [-0.05, 0) is 49.1 Å². The van der Waals surface area contributed by atoms with Gasteiger partial charge in [0.1, 0.15) is 11.9 Å². The molecule has 0 spiro atoms. The van der Waals surface area contributed by atoms with E-state index in [1.807, 2.05) is 19.1 Å². The van der Waals surface area contributed by atoms with Crippen LogP contribution >= 0.6 is 0 Å². The molecule has 2 fully saturated rings. The average molecular weight is 437 g/mol. The van der Waals surface area contributed by atoms with Gasteiger partial charge in [0.05, 0.1) is 24.4 Å². The lowest BCUT2D eigenvalue weighted by Gasteiger charge is -2.39. The molecule has 3 aromatic rings. The van der Waals surface area contributed by atoms with Gasteiger partial charge in [-0.15, -0.1) is 10.2 Å². The Hall–Kier alpha value is -3.33. The number of ether oxygens (including phenoxy) is 2. The molecule has 2 aromatic heterocycles. The summed E-state index contributed by atoms with van der Waals surface area (Å²) in [5, 5.41) is 22.0. The second kappa shape index (κ2) is 7.98. The molecule has 2 N–H and O–H groups in total. The summed E-state index contributed by atoms with van der Waals surface area (Å²) in [5.74, 6) is 0.926. The molecule has 2 bridgehead atoms. The second-order valence-electron chi connectivity index (χ2n) is 8.53. The quantitative estimate of drug-likeness (QED) is 0.627. The van der Waals surface area contributed by atoms with Crippen molar-refractivity contribution in [2.45, 2.75) is 50.0 Å². The van der Waals surface area contributed by atoms with E-state index in [9.17, 15) is 9.50 Å². The molecule has 8 nitrogen and oxygen atoms in total. The van der Waals surface area contributed by atoms with Crippen LogP contribution in [0.15, 0.2) is 42.7 Å². The summed E-state index contributed by atoms with van der Waals surface area (Å²) in [7, 11) is 1.55. The van der Waals surface area contributed by atoms with E-state index in [-0.39, 0.29) is 23.5 Å². The number of rotatable bonds is 5. The third-order valence-corrected chi connectivity index (χ3v) is 6.33. The molecule has 5 rings (SSSR count). The molecule has 32 heavy (non-hydrogen) atoms. The molecule has 9 heteroatoms. The van der Waals surface area contributed by atoms with Crippen LogP contribution in [0.1, 0.15) is 26.2 Å². The molecule has 2 aliphatic rings. The summed E-state index contributed by atoms with van der Waals surface area (Å²) in [6.45, 7) is 1.90. The minimum absolute atomic E-state index is 0.0143. The minimum atomic E-state index is -1.13. The van der Waals surface area contributed by atoms with Crippen molar-refractivity contribution in [3.05, 3.63) is 42.7 Å². The molecule has 4 atom stereocenters. The number of phenols is 1. The maximum atomic E-state index is 14.9. The van der Waals surface area contributed by atoms with E-state index in [0.29, 0.717) is 17.9 Å². The van der Waals surface area contributed by atoms with Crippen molar-refractivity contribution in [2.75, 3.05) is 7.11 Å². The van der Waals surface area contributed by atoms with E-state index in [0.717, 1.165) is 24.0 Å². The third kappa shape index (κ3) is 3.73. The smallest absolute Gasteiger partial charge is 0.252 e. The first-order valence-electron chi connectivity index (χ1n) is 10.6. The van der Waals surface area contributed by atoms with Gasteiger partial charge in [-0.25, -0.2) is 14.4 Å². The van der Waals surface area contributed by atoms with Gasteiger partial charge in [-0.2, -0.15) is 0 Å². The summed E-state index contributed by atoms with van der Waals surface area (Å²) < 4.78 is 25.9. The first-order valence-corrected chi connectivity index (χ1v) is 10.6. The summed E-state index contributed by atoms with van der Waals surface area (Å²) >= 11 is 0. The molecule has 1 unspecified atom stereocenters. The number of phenolic OH excluding ortho intramolecular Hbond substituents is 1. The van der Waals surface area contributed by atoms with Crippen LogP contribution in [0.2, 0.25) is 0 Å². The molecule has 4 heterocycles. The van der Waals surface area contributed by atoms with E-state index in [1.54, 1.807) is 31.5 Å². The largest absolute Gasteiger partial charge is 0.507 e. The van der Waals surface area contributed by atoms with Crippen molar-refractivity contribution < 1.29 is 19.0 Å². The Kier molecular flexibility index (Phi) is 5.13. The molecule has 2 saturated heterocycles. The van der Waals surface area contributed by atoms with Gasteiger partial charge in [-0.1, -0.05) is 6.07 Å². The SMILES string of the molecule is COc1cc(-c2ccc(-c3ncc(O[C@@H]4CC5CC[C@](C)(N5)[C@@H]4F)nn3)c(O)c2)ccn1. The fourth-order valence-corrected chi connectivity index (χ4v) is 4.60. The third-order valence-electron chi connectivity index (χ3n) is 6.33. The number of hydrogen-bond donors (Lipinski definition) is 2. The number of piperidine rings is 1. The minimum Gasteiger partial charge on any atom is -0.507 e. The number of hydrogen-bond acceptors (Lipinski definition) is 8. The number of pyridine rings is 1. The summed E-state index contributed by atoms with van der Waals surface area (Å²) in [6, 6.07) is 9.05. The highest BCUT2D eigenvalue weighted by Crippen LogP contribution is 2.39. The Morgan fingerprint density at radius 1 is 1.12 bits per heavy atom. The van der Waals surface area contributed by atoms with E-state index in [2.05, 4.69) is 25.5 Å². The Labute approximate surface area is 184 Å².